The van der Waals surface area contributed by atoms with Crippen molar-refractivity contribution >= 4 is 44.1 Å². The van der Waals surface area contributed by atoms with Crippen LogP contribution < -0.4 is 19.1 Å². The van der Waals surface area contributed by atoms with Crippen molar-refractivity contribution in [2.45, 2.75) is 32.7 Å². The number of rotatable bonds is 10. The van der Waals surface area contributed by atoms with Crippen molar-refractivity contribution in [3.05, 3.63) is 77.6 Å². The number of aromatic nitrogens is 2. The van der Waals surface area contributed by atoms with E-state index in [1.54, 1.807) is 49.6 Å². The minimum Gasteiger partial charge on any atom is -0.507 e. The molecule has 2 aromatic heterocycles. The highest BCUT2D eigenvalue weighted by molar-refractivity contribution is 7.22. The number of hydrogen-bond acceptors (Lipinski definition) is 9. The molecule has 2 aromatic carbocycles. The van der Waals surface area contributed by atoms with E-state index in [0.29, 0.717) is 52.2 Å². The Morgan fingerprint density at radius 2 is 1.82 bits per heavy atom. The van der Waals surface area contributed by atoms with Crippen LogP contribution in [-0.4, -0.2) is 47.1 Å². The van der Waals surface area contributed by atoms with E-state index in [4.69, 9.17) is 14.2 Å². The normalized spacial score (nSPS) is 16.5. The van der Waals surface area contributed by atoms with Crippen molar-refractivity contribution in [1.29, 1.82) is 0 Å². The summed E-state index contributed by atoms with van der Waals surface area (Å²) in [5.41, 5.74) is 1.55. The third kappa shape index (κ3) is 5.10. The molecule has 40 heavy (non-hydrogen) atoms. The molecular formula is C30H29N3O6S. The number of pyridine rings is 1. The zero-order valence-corrected chi connectivity index (χ0v) is 23.2. The van der Waals surface area contributed by atoms with Gasteiger partial charge in [-0.25, -0.2) is 4.98 Å². The minimum atomic E-state index is -0.959. The number of ketones is 1. The molecule has 0 radical (unpaired) electrons. The van der Waals surface area contributed by atoms with Gasteiger partial charge in [-0.1, -0.05) is 30.7 Å². The van der Waals surface area contributed by atoms with Gasteiger partial charge in [0, 0.05) is 18.0 Å². The first-order valence-electron chi connectivity index (χ1n) is 13.0. The Morgan fingerprint density at radius 3 is 2.55 bits per heavy atom. The molecule has 1 fully saturated rings. The number of unbranched alkanes of at least 4 members (excludes halogenated alkanes) is 1. The lowest BCUT2D eigenvalue weighted by Gasteiger charge is -2.24. The van der Waals surface area contributed by atoms with Crippen LogP contribution in [0, 0.1) is 0 Å². The molecule has 0 aliphatic carbocycles. The van der Waals surface area contributed by atoms with E-state index >= 15 is 0 Å². The molecule has 1 atom stereocenters. The number of methoxy groups -OCH3 is 1. The standard InChI is InChI=1S/C30H29N3O6S/c1-4-6-15-39-22-10-7-19(16-23(22)38-5-2)26-25(27(34)18-11-13-31-14-12-18)28(35)29(36)33(26)30-32-21-9-8-20(37-3)17-24(21)40-30/h7-14,16-17,26,34H,4-6,15H2,1-3H3. The molecule has 1 saturated heterocycles. The number of thiazole rings is 1. The second-order valence-electron chi connectivity index (χ2n) is 9.08. The van der Waals surface area contributed by atoms with Gasteiger partial charge in [-0.15, -0.1) is 0 Å². The molecule has 1 N–H and O–H groups in total. The first-order valence-corrected chi connectivity index (χ1v) is 13.8. The molecular weight excluding hydrogens is 530 g/mol. The molecule has 3 heterocycles. The van der Waals surface area contributed by atoms with Crippen LogP contribution in [0.5, 0.6) is 17.2 Å². The van der Waals surface area contributed by atoms with Gasteiger partial charge in [0.2, 0.25) is 0 Å². The fourth-order valence-electron chi connectivity index (χ4n) is 4.54. The predicted molar refractivity (Wildman–Crippen MR) is 153 cm³/mol. The van der Waals surface area contributed by atoms with Crippen molar-refractivity contribution in [3.8, 4) is 17.2 Å². The van der Waals surface area contributed by atoms with Gasteiger partial charge in [-0.05, 0) is 61.4 Å². The number of carbonyl (C=O) groups is 2. The molecule has 5 rings (SSSR count). The lowest BCUT2D eigenvalue weighted by Crippen LogP contribution is -2.29. The van der Waals surface area contributed by atoms with Crippen LogP contribution in [0.15, 0.2) is 66.5 Å². The predicted octanol–water partition coefficient (Wildman–Crippen LogP) is 5.90. The number of carbonyl (C=O) groups excluding carboxylic acids is 2. The molecule has 1 aliphatic heterocycles. The molecule has 1 unspecified atom stereocenters. The Morgan fingerprint density at radius 1 is 1.02 bits per heavy atom. The number of amides is 1. The van der Waals surface area contributed by atoms with Gasteiger partial charge in [0.25, 0.3) is 5.78 Å². The van der Waals surface area contributed by atoms with Crippen LogP contribution in [0.3, 0.4) is 0 Å². The summed E-state index contributed by atoms with van der Waals surface area (Å²) in [6, 6.07) is 12.9. The van der Waals surface area contributed by atoms with E-state index in [9.17, 15) is 14.7 Å². The average Bonchev–Trinajstić information content (AvgIpc) is 3.51. The van der Waals surface area contributed by atoms with Crippen molar-refractivity contribution in [2.75, 3.05) is 25.2 Å². The third-order valence-electron chi connectivity index (χ3n) is 6.53. The smallest absolute Gasteiger partial charge is 0.301 e. The Labute approximate surface area is 235 Å². The van der Waals surface area contributed by atoms with Crippen LogP contribution in [-0.2, 0) is 9.59 Å². The quantitative estimate of drug-likeness (QED) is 0.111. The highest BCUT2D eigenvalue weighted by Crippen LogP contribution is 2.46. The average molecular weight is 560 g/mol. The van der Waals surface area contributed by atoms with Crippen LogP contribution in [0.4, 0.5) is 5.13 Å². The Hall–Kier alpha value is -4.44. The number of ether oxygens (including phenoxy) is 3. The molecule has 9 nitrogen and oxygen atoms in total. The maximum absolute atomic E-state index is 13.6. The summed E-state index contributed by atoms with van der Waals surface area (Å²) < 4.78 is 18.0. The van der Waals surface area contributed by atoms with Gasteiger partial charge in [0.05, 0.1) is 42.2 Å². The molecule has 0 saturated carbocycles. The number of anilines is 1. The zero-order chi connectivity index (χ0) is 28.2. The minimum absolute atomic E-state index is 0.0462. The Bertz CT molecular complexity index is 1580. The number of nitrogens with zero attached hydrogens (tertiary/aromatic N) is 3. The molecule has 4 aromatic rings. The van der Waals surface area contributed by atoms with Gasteiger partial charge in [0.1, 0.15) is 11.5 Å². The summed E-state index contributed by atoms with van der Waals surface area (Å²) in [6.45, 7) is 4.88. The van der Waals surface area contributed by atoms with Crippen molar-refractivity contribution in [1.82, 2.24) is 9.97 Å². The second-order valence-corrected chi connectivity index (χ2v) is 10.1. The second kappa shape index (κ2) is 11.7. The summed E-state index contributed by atoms with van der Waals surface area (Å²) in [4.78, 5) is 37.1. The number of hydrogen-bond donors (Lipinski definition) is 1. The van der Waals surface area contributed by atoms with Gasteiger partial charge >= 0.3 is 5.91 Å². The first kappa shape index (κ1) is 27.1. The third-order valence-corrected chi connectivity index (χ3v) is 7.54. The van der Waals surface area contributed by atoms with E-state index in [1.807, 2.05) is 13.0 Å². The van der Waals surface area contributed by atoms with Crippen LogP contribution >= 0.6 is 11.3 Å². The fourth-order valence-corrected chi connectivity index (χ4v) is 5.56. The Balaban J connectivity index is 1.68. The molecule has 1 aliphatic rings. The molecule has 1 amide bonds. The number of fused-ring (bicyclic) bond motifs is 1. The van der Waals surface area contributed by atoms with Crippen LogP contribution in [0.2, 0.25) is 0 Å². The summed E-state index contributed by atoms with van der Waals surface area (Å²) >= 11 is 1.26. The van der Waals surface area contributed by atoms with Gasteiger partial charge < -0.3 is 19.3 Å². The van der Waals surface area contributed by atoms with Crippen LogP contribution in [0.1, 0.15) is 43.9 Å². The maximum atomic E-state index is 13.6. The zero-order valence-electron chi connectivity index (χ0n) is 22.4. The molecule has 206 valence electrons. The lowest BCUT2D eigenvalue weighted by atomic mass is 9.95. The SMILES string of the molecule is CCCCOc1ccc(C2C(=C(O)c3ccncc3)C(=O)C(=O)N2c2nc3ccc(OC)cc3s2)cc1OCC. The number of aliphatic hydroxyl groups is 1. The number of Topliss-reactive ketones (excluding diaryl/α,β-unsaturated/α-hetero) is 1. The fraction of sp³-hybridized carbons (Fsp3) is 0.267. The monoisotopic (exact) mass is 559 g/mol. The number of benzene rings is 2. The van der Waals surface area contributed by atoms with Gasteiger partial charge in [0.15, 0.2) is 16.6 Å². The van der Waals surface area contributed by atoms with E-state index in [-0.39, 0.29) is 11.3 Å². The van der Waals surface area contributed by atoms with E-state index in [0.717, 1.165) is 17.5 Å². The topological polar surface area (TPSA) is 111 Å². The van der Waals surface area contributed by atoms with E-state index < -0.39 is 17.7 Å². The van der Waals surface area contributed by atoms with E-state index in [2.05, 4.69) is 16.9 Å². The van der Waals surface area contributed by atoms with Gasteiger partial charge in [-0.2, -0.15) is 0 Å². The van der Waals surface area contributed by atoms with Crippen molar-refractivity contribution < 1.29 is 28.9 Å². The largest absolute Gasteiger partial charge is 0.507 e. The molecule has 0 spiro atoms. The molecule has 0 bridgehead atoms. The highest BCUT2D eigenvalue weighted by atomic mass is 32.1. The summed E-state index contributed by atoms with van der Waals surface area (Å²) in [6.07, 6.45) is 4.90. The molecule has 10 heteroatoms. The lowest BCUT2D eigenvalue weighted by molar-refractivity contribution is -0.132. The Kier molecular flexibility index (Phi) is 7.97. The summed E-state index contributed by atoms with van der Waals surface area (Å²) in [5.74, 6) is -0.182. The van der Waals surface area contributed by atoms with Crippen molar-refractivity contribution in [3.63, 3.8) is 0 Å². The van der Waals surface area contributed by atoms with E-state index in [1.165, 1.54) is 28.6 Å². The summed E-state index contributed by atoms with van der Waals surface area (Å²) in [5, 5.41) is 11.7. The first-order chi connectivity index (χ1) is 19.5. The number of aliphatic hydroxyl groups excluding tert-OH is 1. The van der Waals surface area contributed by atoms with Crippen molar-refractivity contribution in [2.24, 2.45) is 0 Å². The maximum Gasteiger partial charge on any atom is 0.301 e. The summed E-state index contributed by atoms with van der Waals surface area (Å²) in [7, 11) is 1.58. The highest BCUT2D eigenvalue weighted by Gasteiger charge is 2.48. The van der Waals surface area contributed by atoms with Gasteiger partial charge in [-0.3, -0.25) is 19.5 Å². The van der Waals surface area contributed by atoms with Crippen LogP contribution in [0.25, 0.3) is 16.0 Å².